The lowest BCUT2D eigenvalue weighted by molar-refractivity contribution is 0.636. The van der Waals surface area contributed by atoms with Crippen LogP contribution in [0.1, 0.15) is 18.4 Å². The molecule has 12 aromatic rings. The lowest BCUT2D eigenvalue weighted by atomic mass is 9.81. The van der Waals surface area contributed by atoms with E-state index in [9.17, 15) is 0 Å². The summed E-state index contributed by atoms with van der Waals surface area (Å²) in [6, 6.07) is 75.0. The minimum atomic E-state index is 0.229. The van der Waals surface area contributed by atoms with Gasteiger partial charge in [0, 0.05) is 49.7 Å². The van der Waals surface area contributed by atoms with Gasteiger partial charge in [-0.1, -0.05) is 213 Å². The Bertz CT molecular complexity index is 3920. The van der Waals surface area contributed by atoms with E-state index in [1.54, 1.807) is 0 Å². The number of hydrogen-bond acceptors (Lipinski definition) is 4. The van der Waals surface area contributed by atoms with E-state index >= 15 is 0 Å². The van der Waals surface area contributed by atoms with E-state index in [0.29, 0.717) is 23.5 Å². The average molecular weight is 885 g/mol. The maximum atomic E-state index is 5.66. The van der Waals surface area contributed by atoms with Crippen LogP contribution in [0, 0.1) is 5.92 Å². The summed E-state index contributed by atoms with van der Waals surface area (Å²) in [6.07, 6.45) is 8.95. The van der Waals surface area contributed by atoms with Crippen LogP contribution in [0.15, 0.2) is 237 Å². The first-order chi connectivity index (χ1) is 34.2. The number of hydrogen-bond donors (Lipinski definition) is 0. The van der Waals surface area contributed by atoms with Crippen molar-refractivity contribution in [1.29, 1.82) is 0 Å². The molecule has 4 heterocycles. The zero-order chi connectivity index (χ0) is 45.8. The number of rotatable bonds is 8. The quantitative estimate of drug-likeness (QED) is 0.152. The summed E-state index contributed by atoms with van der Waals surface area (Å²) in [7, 11) is 0. The Hall–Kier alpha value is -9.00. The molecular weight excluding hydrogens is 841 g/mol. The smallest absolute Gasteiger partial charge is 0.238 e. The molecule has 0 bridgehead atoms. The number of nitrogens with zero attached hydrogens (tertiary/aromatic N) is 6. The minimum absolute atomic E-state index is 0.229. The molecule has 0 fully saturated rings. The molecule has 0 saturated heterocycles. The highest BCUT2D eigenvalue weighted by atomic mass is 15.2. The van der Waals surface area contributed by atoms with E-state index in [4.69, 9.17) is 19.9 Å². The average Bonchev–Trinajstić information content (AvgIpc) is 3.95. The fourth-order valence-electron chi connectivity index (χ4n) is 10.5. The highest BCUT2D eigenvalue weighted by Gasteiger charge is 2.26. The van der Waals surface area contributed by atoms with Gasteiger partial charge in [-0.2, -0.15) is 9.97 Å². The molecule has 2 atom stereocenters. The van der Waals surface area contributed by atoms with Crippen molar-refractivity contribution in [3.05, 3.63) is 242 Å². The first kappa shape index (κ1) is 40.3. The maximum Gasteiger partial charge on any atom is 0.238 e. The van der Waals surface area contributed by atoms with Gasteiger partial charge in [-0.05, 0) is 52.9 Å². The van der Waals surface area contributed by atoms with Gasteiger partial charge in [0.25, 0.3) is 0 Å². The monoisotopic (exact) mass is 884 g/mol. The molecule has 0 saturated carbocycles. The van der Waals surface area contributed by atoms with Gasteiger partial charge in [0.2, 0.25) is 5.95 Å². The third-order valence-corrected chi connectivity index (χ3v) is 13.7. The first-order valence-corrected chi connectivity index (χ1v) is 23.6. The van der Waals surface area contributed by atoms with Crippen molar-refractivity contribution >= 4 is 43.6 Å². The molecule has 2 unspecified atom stereocenters. The lowest BCUT2D eigenvalue weighted by Crippen LogP contribution is -2.09. The van der Waals surface area contributed by atoms with E-state index in [-0.39, 0.29) is 5.92 Å². The van der Waals surface area contributed by atoms with Crippen molar-refractivity contribution in [2.75, 3.05) is 0 Å². The van der Waals surface area contributed by atoms with Crippen LogP contribution in [0.4, 0.5) is 0 Å². The summed E-state index contributed by atoms with van der Waals surface area (Å²) in [5.74, 6) is 2.34. The molecule has 8 aromatic carbocycles. The molecule has 6 heteroatoms. The number of benzene rings is 8. The lowest BCUT2D eigenvalue weighted by Gasteiger charge is -2.24. The molecule has 4 aromatic heterocycles. The Balaban J connectivity index is 1.11. The highest BCUT2D eigenvalue weighted by molar-refractivity contribution is 6.24. The number of pyridine rings is 1. The number of aromatic nitrogens is 6. The summed E-state index contributed by atoms with van der Waals surface area (Å²) in [5, 5.41) is 4.49. The molecule has 1 aliphatic rings. The molecular formula is C63H44N6. The van der Waals surface area contributed by atoms with Crippen LogP contribution in [0.2, 0.25) is 0 Å². The van der Waals surface area contributed by atoms with Crippen molar-refractivity contribution < 1.29 is 0 Å². The normalized spacial score (nSPS) is 14.6. The third kappa shape index (κ3) is 6.87. The van der Waals surface area contributed by atoms with Crippen LogP contribution in [-0.4, -0.2) is 29.1 Å². The zero-order valence-electron chi connectivity index (χ0n) is 37.9. The van der Waals surface area contributed by atoms with Gasteiger partial charge in [0.15, 0.2) is 11.6 Å². The Kier molecular flexibility index (Phi) is 9.75. The standard InChI is InChI=1S/C63H44N6/c1-41-21-11-12-28-46(41)47-29-13-14-30-48(47)54-39-45(42-22-5-2-6-23-42)40-55(64-54)53-33-17-20-36-58(53)68-56-34-18-15-31-49(56)51-37-38-52-50-32-16-19-35-57(50)69(60(52)59(51)68)63-66-61(43-24-7-3-8-25-43)65-62(67-63)44-26-9-4-10-27-44/h2-41,46H,1H3. The minimum Gasteiger partial charge on any atom is -0.306 e. The molecule has 0 N–H and O–H groups in total. The summed E-state index contributed by atoms with van der Waals surface area (Å²) < 4.78 is 4.70. The van der Waals surface area contributed by atoms with Gasteiger partial charge in [0.05, 0.1) is 39.1 Å². The van der Waals surface area contributed by atoms with Crippen molar-refractivity contribution in [2.24, 2.45) is 5.92 Å². The van der Waals surface area contributed by atoms with Gasteiger partial charge >= 0.3 is 0 Å². The predicted molar refractivity (Wildman–Crippen MR) is 284 cm³/mol. The predicted octanol–water partition coefficient (Wildman–Crippen LogP) is 15.6. The molecule has 1 aliphatic carbocycles. The first-order valence-electron chi connectivity index (χ1n) is 23.6. The van der Waals surface area contributed by atoms with E-state index in [0.717, 1.165) is 94.1 Å². The number of fused-ring (bicyclic) bond motifs is 7. The van der Waals surface area contributed by atoms with Crippen LogP contribution in [0.3, 0.4) is 0 Å². The molecule has 0 radical (unpaired) electrons. The molecule has 0 amide bonds. The highest BCUT2D eigenvalue weighted by Crippen LogP contribution is 2.44. The van der Waals surface area contributed by atoms with Crippen molar-refractivity contribution in [2.45, 2.75) is 12.8 Å². The fourth-order valence-corrected chi connectivity index (χ4v) is 10.5. The van der Waals surface area contributed by atoms with Gasteiger partial charge < -0.3 is 4.57 Å². The second-order valence-corrected chi connectivity index (χ2v) is 17.8. The summed E-state index contributed by atoms with van der Waals surface area (Å²) in [6.45, 7) is 2.30. The molecule has 13 rings (SSSR count). The van der Waals surface area contributed by atoms with Crippen molar-refractivity contribution in [1.82, 2.24) is 29.1 Å². The Morgan fingerprint density at radius 1 is 0.377 bits per heavy atom. The van der Waals surface area contributed by atoms with Gasteiger partial charge in [-0.15, -0.1) is 0 Å². The second kappa shape index (κ2) is 16.7. The third-order valence-electron chi connectivity index (χ3n) is 13.7. The van der Waals surface area contributed by atoms with E-state index in [1.165, 1.54) is 5.56 Å². The number of para-hydroxylation sites is 3. The van der Waals surface area contributed by atoms with Crippen molar-refractivity contribution in [3.8, 4) is 68.1 Å². The van der Waals surface area contributed by atoms with Crippen molar-refractivity contribution in [3.63, 3.8) is 0 Å². The SMILES string of the molecule is CC1C=CC=CC1c1ccccc1-c1cc(-c2ccccc2)cc(-c2ccccc2-n2c3ccccc3c3ccc4c5ccccc5n(-c5nc(-c6ccccc6)nc(-c6ccccc6)n5)c4c32)n1. The Labute approximate surface area is 399 Å². The molecule has 0 spiro atoms. The Morgan fingerprint density at radius 3 is 1.51 bits per heavy atom. The molecule has 6 nitrogen and oxygen atoms in total. The molecule has 69 heavy (non-hydrogen) atoms. The van der Waals surface area contributed by atoms with E-state index in [1.807, 2.05) is 36.4 Å². The van der Waals surface area contributed by atoms with E-state index < -0.39 is 0 Å². The zero-order valence-corrected chi connectivity index (χ0v) is 37.9. The Morgan fingerprint density at radius 2 is 0.870 bits per heavy atom. The summed E-state index contributed by atoms with van der Waals surface area (Å²) >= 11 is 0. The summed E-state index contributed by atoms with van der Waals surface area (Å²) in [4.78, 5) is 21.4. The van der Waals surface area contributed by atoms with Gasteiger partial charge in [-0.3, -0.25) is 4.57 Å². The fraction of sp³-hybridized carbons (Fsp3) is 0.0476. The van der Waals surface area contributed by atoms with E-state index in [2.05, 4.69) is 216 Å². The molecule has 0 aliphatic heterocycles. The molecule has 326 valence electrons. The van der Waals surface area contributed by atoms with Crippen LogP contribution >= 0.6 is 0 Å². The maximum absolute atomic E-state index is 5.66. The van der Waals surface area contributed by atoms with Crippen LogP contribution in [0.25, 0.3) is 112 Å². The largest absolute Gasteiger partial charge is 0.306 e. The van der Waals surface area contributed by atoms with Crippen LogP contribution in [-0.2, 0) is 0 Å². The van der Waals surface area contributed by atoms with Crippen LogP contribution in [0.5, 0.6) is 0 Å². The second-order valence-electron chi connectivity index (χ2n) is 17.8. The van der Waals surface area contributed by atoms with Crippen LogP contribution < -0.4 is 0 Å². The van der Waals surface area contributed by atoms with Gasteiger partial charge in [-0.25, -0.2) is 9.97 Å². The topological polar surface area (TPSA) is 61.4 Å². The van der Waals surface area contributed by atoms with Gasteiger partial charge in [0.1, 0.15) is 0 Å². The number of allylic oxidation sites excluding steroid dienone is 4. The summed E-state index contributed by atoms with van der Waals surface area (Å²) in [5.41, 5.74) is 14.5.